The molecule has 0 fully saturated rings. The summed E-state index contributed by atoms with van der Waals surface area (Å²) in [5, 5.41) is 2.70. The third kappa shape index (κ3) is 1.90. The molecule has 0 amide bonds. The molecule has 0 aromatic heterocycles. The lowest BCUT2D eigenvalue weighted by Gasteiger charge is -2.22. The van der Waals surface area contributed by atoms with Gasteiger partial charge in [-0.15, -0.1) is 0 Å². The zero-order valence-electron chi connectivity index (χ0n) is 14.5. The van der Waals surface area contributed by atoms with Gasteiger partial charge in [0.05, 0.1) is 0 Å². The van der Waals surface area contributed by atoms with E-state index in [-0.39, 0.29) is 0 Å². The molecule has 0 bridgehead atoms. The van der Waals surface area contributed by atoms with Crippen LogP contribution < -0.4 is 0 Å². The average molecular weight is 330 g/mol. The van der Waals surface area contributed by atoms with Gasteiger partial charge in [-0.2, -0.15) is 0 Å². The Morgan fingerprint density at radius 3 is 2.46 bits per heavy atom. The molecule has 0 radical (unpaired) electrons. The highest BCUT2D eigenvalue weighted by atomic mass is 14.3. The molecule has 3 aromatic rings. The summed E-state index contributed by atoms with van der Waals surface area (Å²) < 4.78 is 0. The molecule has 0 saturated carbocycles. The van der Waals surface area contributed by atoms with Crippen LogP contribution >= 0.6 is 0 Å². The van der Waals surface area contributed by atoms with Crippen LogP contribution in [0.25, 0.3) is 22.4 Å². The van der Waals surface area contributed by atoms with Crippen molar-refractivity contribution in [1.82, 2.24) is 0 Å². The van der Waals surface area contributed by atoms with Crippen LogP contribution in [0, 0.1) is 0 Å². The lowest BCUT2D eigenvalue weighted by molar-refractivity contribution is 1.18. The fourth-order valence-corrected chi connectivity index (χ4v) is 4.68. The second kappa shape index (κ2) is 5.19. The van der Waals surface area contributed by atoms with E-state index in [0.717, 1.165) is 12.8 Å². The summed E-state index contributed by atoms with van der Waals surface area (Å²) in [4.78, 5) is 0. The Balaban J connectivity index is 1.45. The van der Waals surface area contributed by atoms with Gasteiger partial charge in [0.15, 0.2) is 0 Å². The van der Waals surface area contributed by atoms with Crippen molar-refractivity contribution in [3.05, 3.63) is 118 Å². The summed E-state index contributed by atoms with van der Waals surface area (Å²) >= 11 is 0. The number of fused-ring (bicyclic) bond motifs is 6. The van der Waals surface area contributed by atoms with Gasteiger partial charge in [-0.25, -0.2) is 0 Å². The van der Waals surface area contributed by atoms with E-state index in [1.807, 2.05) is 0 Å². The van der Waals surface area contributed by atoms with Gasteiger partial charge in [-0.05, 0) is 68.2 Å². The number of benzene rings is 3. The Morgan fingerprint density at radius 2 is 1.50 bits per heavy atom. The van der Waals surface area contributed by atoms with E-state index in [1.54, 1.807) is 0 Å². The molecule has 0 atom stereocenters. The molecule has 6 rings (SSSR count). The molecular formula is C26H18. The van der Waals surface area contributed by atoms with Crippen molar-refractivity contribution in [3.63, 3.8) is 0 Å². The molecule has 0 saturated heterocycles. The van der Waals surface area contributed by atoms with Gasteiger partial charge in [0.1, 0.15) is 0 Å². The summed E-state index contributed by atoms with van der Waals surface area (Å²) in [5.74, 6) is 0. The molecule has 0 aliphatic heterocycles. The van der Waals surface area contributed by atoms with Crippen molar-refractivity contribution in [2.45, 2.75) is 12.8 Å². The molecule has 0 heterocycles. The first-order valence-electron chi connectivity index (χ1n) is 9.31. The van der Waals surface area contributed by atoms with Gasteiger partial charge < -0.3 is 0 Å². The molecule has 0 nitrogen and oxygen atoms in total. The Kier molecular flexibility index (Phi) is 2.81. The summed E-state index contributed by atoms with van der Waals surface area (Å²) in [6.07, 6.45) is 11.5. The van der Waals surface area contributed by atoms with Crippen LogP contribution in [-0.2, 0) is 12.8 Å². The predicted octanol–water partition coefficient (Wildman–Crippen LogP) is 6.29. The van der Waals surface area contributed by atoms with Crippen LogP contribution in [0.3, 0.4) is 0 Å². The number of hydrogen-bond donors (Lipinski definition) is 0. The normalized spacial score (nSPS) is 17.1. The van der Waals surface area contributed by atoms with E-state index in [9.17, 15) is 0 Å². The minimum Gasteiger partial charge on any atom is -0.0716 e. The lowest BCUT2D eigenvalue weighted by Crippen LogP contribution is -2.04. The van der Waals surface area contributed by atoms with Crippen LogP contribution in [0.4, 0.5) is 0 Å². The van der Waals surface area contributed by atoms with Crippen LogP contribution in [0.15, 0.2) is 95.6 Å². The van der Waals surface area contributed by atoms with Gasteiger partial charge in [0.2, 0.25) is 0 Å². The monoisotopic (exact) mass is 330 g/mol. The largest absolute Gasteiger partial charge is 0.0716 e. The first-order chi connectivity index (χ1) is 12.9. The van der Waals surface area contributed by atoms with Crippen LogP contribution in [0.2, 0.25) is 0 Å². The van der Waals surface area contributed by atoms with E-state index >= 15 is 0 Å². The third-order valence-electron chi connectivity index (χ3n) is 5.92. The van der Waals surface area contributed by atoms with E-state index in [1.165, 1.54) is 55.3 Å². The summed E-state index contributed by atoms with van der Waals surface area (Å²) in [7, 11) is 0. The number of hydrogen-bond acceptors (Lipinski definition) is 0. The zero-order valence-corrected chi connectivity index (χ0v) is 14.5. The topological polar surface area (TPSA) is 0 Å². The van der Waals surface area contributed by atoms with Crippen molar-refractivity contribution >= 4 is 22.4 Å². The van der Waals surface area contributed by atoms with Crippen molar-refractivity contribution in [1.29, 1.82) is 0 Å². The van der Waals surface area contributed by atoms with Crippen molar-refractivity contribution in [2.24, 2.45) is 0 Å². The van der Waals surface area contributed by atoms with E-state index in [0.29, 0.717) is 0 Å². The fraction of sp³-hybridized carbons (Fsp3) is 0.0769. The Morgan fingerprint density at radius 1 is 0.654 bits per heavy atom. The molecule has 0 unspecified atom stereocenters. The van der Waals surface area contributed by atoms with E-state index in [4.69, 9.17) is 0 Å². The van der Waals surface area contributed by atoms with Gasteiger partial charge in [-0.1, -0.05) is 85.0 Å². The quantitative estimate of drug-likeness (QED) is 0.492. The molecule has 3 aromatic carbocycles. The molecule has 26 heavy (non-hydrogen) atoms. The zero-order chi connectivity index (χ0) is 17.1. The molecular weight excluding hydrogens is 312 g/mol. The summed E-state index contributed by atoms with van der Waals surface area (Å²) in [5.41, 5.74) is 11.4. The Labute approximate surface area is 153 Å². The lowest BCUT2D eigenvalue weighted by atomic mass is 9.82. The predicted molar refractivity (Wildman–Crippen MR) is 110 cm³/mol. The Bertz CT molecular complexity index is 1210. The smallest absolute Gasteiger partial charge is 0.00135 e. The van der Waals surface area contributed by atoms with Crippen molar-refractivity contribution in [2.75, 3.05) is 0 Å². The van der Waals surface area contributed by atoms with Gasteiger partial charge in [0.25, 0.3) is 0 Å². The Hall–Kier alpha value is -3.12. The standard InChI is InChI=1S/C26H18/c1-2-7-20-16-21(15-19(20)6-1)22-13-14-25-24(22)12-11-18-10-9-17-5-3-4-8-23(17)26(18)25/h1-10,12-15H,11,16H2. The minimum absolute atomic E-state index is 1.02. The fourth-order valence-electron chi connectivity index (χ4n) is 4.68. The van der Waals surface area contributed by atoms with Crippen LogP contribution in [-0.4, -0.2) is 0 Å². The molecule has 0 N–H and O–H groups in total. The van der Waals surface area contributed by atoms with Crippen LogP contribution in [0.5, 0.6) is 0 Å². The van der Waals surface area contributed by atoms with Crippen molar-refractivity contribution in [3.8, 4) is 0 Å². The molecule has 0 heteroatoms. The van der Waals surface area contributed by atoms with Crippen LogP contribution in [0.1, 0.15) is 22.3 Å². The van der Waals surface area contributed by atoms with Gasteiger partial charge >= 0.3 is 0 Å². The summed E-state index contributed by atoms with van der Waals surface area (Å²) in [6, 6.07) is 22.1. The second-order valence-electron chi connectivity index (χ2n) is 7.35. The number of allylic oxidation sites excluding steroid dienone is 7. The summed E-state index contributed by atoms with van der Waals surface area (Å²) in [6.45, 7) is 0. The number of rotatable bonds is 1. The maximum atomic E-state index is 2.42. The van der Waals surface area contributed by atoms with Gasteiger partial charge in [0, 0.05) is 0 Å². The highest BCUT2D eigenvalue weighted by Crippen LogP contribution is 2.46. The highest BCUT2D eigenvalue weighted by molar-refractivity contribution is 6.04. The van der Waals surface area contributed by atoms with Gasteiger partial charge in [-0.3, -0.25) is 0 Å². The van der Waals surface area contributed by atoms with E-state index < -0.39 is 0 Å². The molecule has 3 aliphatic carbocycles. The third-order valence-corrected chi connectivity index (χ3v) is 5.92. The van der Waals surface area contributed by atoms with Crippen molar-refractivity contribution < 1.29 is 0 Å². The SMILES string of the molecule is C1=C(C2=CC=C3C2=CCc2ccc4ccccc4c23)Cc2ccccc21. The first-order valence-corrected chi connectivity index (χ1v) is 9.31. The molecule has 122 valence electrons. The average Bonchev–Trinajstić information content (AvgIpc) is 3.31. The van der Waals surface area contributed by atoms with E-state index in [2.05, 4.69) is 85.0 Å². The minimum atomic E-state index is 1.02. The molecule has 0 spiro atoms. The first kappa shape index (κ1) is 14.1. The maximum Gasteiger partial charge on any atom is -0.00135 e. The molecule has 3 aliphatic rings. The maximum absolute atomic E-state index is 2.42. The highest BCUT2D eigenvalue weighted by Gasteiger charge is 2.27. The second-order valence-corrected chi connectivity index (χ2v) is 7.35.